The number of aryl methyl sites for hydroxylation is 2. The fraction of sp³-hybridized carbons (Fsp3) is 0.583. The van der Waals surface area contributed by atoms with Gasteiger partial charge in [-0.05, 0) is 12.8 Å². The van der Waals surface area contributed by atoms with Crippen LogP contribution in [-0.4, -0.2) is 37.4 Å². The maximum absolute atomic E-state index is 12.0. The molecule has 2 aromatic heterocycles. The predicted molar refractivity (Wildman–Crippen MR) is 73.3 cm³/mol. The first-order valence-corrected chi connectivity index (χ1v) is 6.45. The van der Waals surface area contributed by atoms with E-state index >= 15 is 0 Å². The first kappa shape index (κ1) is 13.5. The normalized spacial score (nSPS) is 11.1. The summed E-state index contributed by atoms with van der Waals surface area (Å²) < 4.78 is 3.43. The number of hydrogen-bond donors (Lipinski definition) is 2. The quantitative estimate of drug-likeness (QED) is 0.735. The summed E-state index contributed by atoms with van der Waals surface area (Å²) in [5.41, 5.74) is 1.17. The highest BCUT2D eigenvalue weighted by Gasteiger charge is 2.13. The summed E-state index contributed by atoms with van der Waals surface area (Å²) >= 11 is 0. The third-order valence-electron chi connectivity index (χ3n) is 2.91. The zero-order valence-electron chi connectivity index (χ0n) is 11.3. The number of aromatic nitrogens is 4. The number of aliphatic hydroxyl groups excluding tert-OH is 1. The Morgan fingerprint density at radius 1 is 1.47 bits per heavy atom. The van der Waals surface area contributed by atoms with Gasteiger partial charge in [-0.3, -0.25) is 4.57 Å². The monoisotopic (exact) mass is 265 g/mol. The van der Waals surface area contributed by atoms with Gasteiger partial charge in [0.2, 0.25) is 0 Å². The molecule has 0 unspecified atom stereocenters. The van der Waals surface area contributed by atoms with Crippen LogP contribution in [0.15, 0.2) is 11.1 Å². The van der Waals surface area contributed by atoms with Gasteiger partial charge in [0, 0.05) is 26.7 Å². The van der Waals surface area contributed by atoms with Crippen LogP contribution < -0.4 is 11.0 Å². The smallest absolute Gasteiger partial charge is 0.351 e. The SMILES string of the molecule is CCCn1c(=O)nc(NCCCO)c2c1ncn2C. The van der Waals surface area contributed by atoms with E-state index in [1.165, 1.54) is 0 Å². The molecule has 0 aromatic carbocycles. The van der Waals surface area contributed by atoms with Crippen molar-refractivity contribution in [1.82, 2.24) is 19.1 Å². The average molecular weight is 265 g/mol. The zero-order chi connectivity index (χ0) is 13.8. The highest BCUT2D eigenvalue weighted by Crippen LogP contribution is 2.17. The first-order valence-electron chi connectivity index (χ1n) is 6.45. The molecule has 2 aromatic rings. The molecule has 2 heterocycles. The van der Waals surface area contributed by atoms with Crippen molar-refractivity contribution in [2.24, 2.45) is 7.05 Å². The zero-order valence-corrected chi connectivity index (χ0v) is 11.3. The van der Waals surface area contributed by atoms with Crippen LogP contribution in [0.1, 0.15) is 19.8 Å². The van der Waals surface area contributed by atoms with Crippen molar-refractivity contribution in [2.75, 3.05) is 18.5 Å². The van der Waals surface area contributed by atoms with E-state index in [0.717, 1.165) is 11.9 Å². The molecule has 0 saturated heterocycles. The molecule has 104 valence electrons. The fourth-order valence-corrected chi connectivity index (χ4v) is 2.02. The van der Waals surface area contributed by atoms with Gasteiger partial charge in [-0.25, -0.2) is 9.78 Å². The van der Waals surface area contributed by atoms with Crippen LogP contribution >= 0.6 is 0 Å². The van der Waals surface area contributed by atoms with Crippen molar-refractivity contribution in [3.05, 3.63) is 16.8 Å². The lowest BCUT2D eigenvalue weighted by molar-refractivity contribution is 0.292. The van der Waals surface area contributed by atoms with Crippen molar-refractivity contribution >= 4 is 17.0 Å². The molecule has 2 rings (SSSR count). The van der Waals surface area contributed by atoms with Crippen LogP contribution in [0.4, 0.5) is 5.82 Å². The summed E-state index contributed by atoms with van der Waals surface area (Å²) in [7, 11) is 1.87. The van der Waals surface area contributed by atoms with E-state index < -0.39 is 0 Å². The number of nitrogens with zero attached hydrogens (tertiary/aromatic N) is 4. The van der Waals surface area contributed by atoms with E-state index in [2.05, 4.69) is 15.3 Å². The maximum atomic E-state index is 12.0. The molecule has 0 saturated carbocycles. The number of rotatable bonds is 6. The number of fused-ring (bicyclic) bond motifs is 1. The van der Waals surface area contributed by atoms with Gasteiger partial charge in [-0.2, -0.15) is 4.98 Å². The Bertz CT molecular complexity index is 616. The van der Waals surface area contributed by atoms with Crippen molar-refractivity contribution in [1.29, 1.82) is 0 Å². The lowest BCUT2D eigenvalue weighted by atomic mass is 10.4. The third-order valence-corrected chi connectivity index (χ3v) is 2.91. The molecule has 0 spiro atoms. The molecule has 7 heteroatoms. The average Bonchev–Trinajstić information content (AvgIpc) is 2.76. The Balaban J connectivity index is 2.50. The molecule has 0 aliphatic rings. The highest BCUT2D eigenvalue weighted by atomic mass is 16.3. The van der Waals surface area contributed by atoms with Crippen LogP contribution in [0.2, 0.25) is 0 Å². The minimum atomic E-state index is -0.292. The molecule has 0 atom stereocenters. The molecule has 2 N–H and O–H groups in total. The Kier molecular flexibility index (Phi) is 4.16. The van der Waals surface area contributed by atoms with Crippen LogP contribution in [0.25, 0.3) is 11.2 Å². The second-order valence-corrected chi connectivity index (χ2v) is 4.43. The molecule has 0 fully saturated rings. The minimum Gasteiger partial charge on any atom is -0.396 e. The number of nitrogens with one attached hydrogen (secondary N) is 1. The van der Waals surface area contributed by atoms with Crippen LogP contribution in [0.3, 0.4) is 0 Å². The van der Waals surface area contributed by atoms with E-state index in [4.69, 9.17) is 5.11 Å². The molecule has 7 nitrogen and oxygen atoms in total. The van der Waals surface area contributed by atoms with Gasteiger partial charge < -0.3 is 15.0 Å². The van der Waals surface area contributed by atoms with E-state index in [1.54, 1.807) is 10.9 Å². The van der Waals surface area contributed by atoms with E-state index in [-0.39, 0.29) is 12.3 Å². The summed E-state index contributed by atoms with van der Waals surface area (Å²) in [6.45, 7) is 3.29. The number of hydrogen-bond acceptors (Lipinski definition) is 5. The Morgan fingerprint density at radius 2 is 2.26 bits per heavy atom. The molecule has 0 bridgehead atoms. The maximum Gasteiger partial charge on any atom is 0.351 e. The second-order valence-electron chi connectivity index (χ2n) is 4.43. The van der Waals surface area contributed by atoms with Crippen LogP contribution in [0.5, 0.6) is 0 Å². The number of anilines is 1. The van der Waals surface area contributed by atoms with Gasteiger partial charge in [0.15, 0.2) is 11.5 Å². The van der Waals surface area contributed by atoms with Crippen molar-refractivity contribution in [3.8, 4) is 0 Å². The van der Waals surface area contributed by atoms with Gasteiger partial charge in [-0.1, -0.05) is 6.92 Å². The lowest BCUT2D eigenvalue weighted by Gasteiger charge is -2.10. The Labute approximate surface area is 110 Å². The highest BCUT2D eigenvalue weighted by molar-refractivity contribution is 5.83. The summed E-state index contributed by atoms with van der Waals surface area (Å²) in [5.74, 6) is 0.529. The van der Waals surface area contributed by atoms with Crippen LogP contribution in [-0.2, 0) is 13.6 Å². The van der Waals surface area contributed by atoms with Crippen molar-refractivity contribution in [3.63, 3.8) is 0 Å². The van der Waals surface area contributed by atoms with Gasteiger partial charge in [0.1, 0.15) is 5.52 Å². The van der Waals surface area contributed by atoms with E-state index in [0.29, 0.717) is 31.0 Å². The molecular formula is C12H19N5O2. The molecule has 0 amide bonds. The van der Waals surface area contributed by atoms with Crippen molar-refractivity contribution in [2.45, 2.75) is 26.3 Å². The Hall–Kier alpha value is -1.89. The second kappa shape index (κ2) is 5.83. The molecule has 0 aliphatic heterocycles. The van der Waals surface area contributed by atoms with E-state index in [1.807, 2.05) is 18.5 Å². The lowest BCUT2D eigenvalue weighted by Crippen LogP contribution is -2.25. The fourth-order valence-electron chi connectivity index (χ4n) is 2.02. The van der Waals surface area contributed by atoms with Gasteiger partial charge in [-0.15, -0.1) is 0 Å². The summed E-state index contributed by atoms with van der Waals surface area (Å²) in [4.78, 5) is 20.4. The van der Waals surface area contributed by atoms with Gasteiger partial charge >= 0.3 is 5.69 Å². The topological polar surface area (TPSA) is 85.0 Å². The standard InChI is InChI=1S/C12H19N5O2/c1-3-6-17-11-9(16(2)8-14-11)10(15-12(17)19)13-5-4-7-18/h8,18H,3-7H2,1-2H3,(H,13,15,19). The summed E-state index contributed by atoms with van der Waals surface area (Å²) in [5, 5.41) is 11.9. The molecular weight excluding hydrogens is 246 g/mol. The van der Waals surface area contributed by atoms with Crippen molar-refractivity contribution < 1.29 is 5.11 Å². The number of aliphatic hydroxyl groups is 1. The third kappa shape index (κ3) is 2.60. The molecule has 0 aliphatic carbocycles. The minimum absolute atomic E-state index is 0.106. The first-order chi connectivity index (χ1) is 9.19. The predicted octanol–water partition coefficient (Wildman–Crippen LogP) is 0.334. The van der Waals surface area contributed by atoms with Gasteiger partial charge in [0.25, 0.3) is 0 Å². The molecule has 0 radical (unpaired) electrons. The van der Waals surface area contributed by atoms with Crippen LogP contribution in [0, 0.1) is 0 Å². The van der Waals surface area contributed by atoms with Gasteiger partial charge in [0.05, 0.1) is 6.33 Å². The molecule has 19 heavy (non-hydrogen) atoms. The summed E-state index contributed by atoms with van der Waals surface area (Å²) in [6, 6.07) is 0. The largest absolute Gasteiger partial charge is 0.396 e. The van der Waals surface area contributed by atoms with E-state index in [9.17, 15) is 4.79 Å². The number of imidazole rings is 1. The summed E-state index contributed by atoms with van der Waals surface area (Å²) in [6.07, 6.45) is 3.14. The Morgan fingerprint density at radius 3 is 2.95 bits per heavy atom.